The molecule has 1 unspecified atom stereocenters. The summed E-state index contributed by atoms with van der Waals surface area (Å²) >= 11 is 0. The lowest BCUT2D eigenvalue weighted by molar-refractivity contribution is -0.126. The first-order valence-electron chi connectivity index (χ1n) is 12.7. The van der Waals surface area contributed by atoms with Gasteiger partial charge in [0.15, 0.2) is 5.65 Å². The number of aryl methyl sites for hydroxylation is 2. The van der Waals surface area contributed by atoms with E-state index in [0.29, 0.717) is 0 Å². The number of aromatic nitrogens is 3. The lowest BCUT2D eigenvalue weighted by Gasteiger charge is -2.34. The highest BCUT2D eigenvalue weighted by molar-refractivity contribution is 5.79. The Kier molecular flexibility index (Phi) is 5.72. The van der Waals surface area contributed by atoms with Crippen molar-refractivity contribution in [2.24, 2.45) is 5.92 Å². The first-order valence-corrected chi connectivity index (χ1v) is 12.7. The number of carbonyl (C=O) groups is 1. The summed E-state index contributed by atoms with van der Waals surface area (Å²) in [4.78, 5) is 20.3. The van der Waals surface area contributed by atoms with E-state index in [4.69, 9.17) is 10.1 Å². The van der Waals surface area contributed by atoms with Gasteiger partial charge in [0.05, 0.1) is 11.7 Å². The van der Waals surface area contributed by atoms with Crippen LogP contribution in [-0.2, 0) is 11.2 Å². The van der Waals surface area contributed by atoms with Crippen molar-refractivity contribution in [1.82, 2.24) is 19.9 Å². The highest BCUT2D eigenvalue weighted by atomic mass is 16.2. The Morgan fingerprint density at radius 3 is 2.57 bits per heavy atom. The van der Waals surface area contributed by atoms with Gasteiger partial charge in [0.25, 0.3) is 0 Å². The van der Waals surface area contributed by atoms with Crippen LogP contribution in [0.3, 0.4) is 0 Å². The monoisotopic (exact) mass is 465 g/mol. The van der Waals surface area contributed by atoms with E-state index in [2.05, 4.69) is 52.7 Å². The van der Waals surface area contributed by atoms with Gasteiger partial charge in [-0.3, -0.25) is 4.79 Å². The number of rotatable bonds is 4. The maximum Gasteiger partial charge on any atom is 0.223 e. The second-order valence-electron chi connectivity index (χ2n) is 9.83. The summed E-state index contributed by atoms with van der Waals surface area (Å²) in [5, 5.41) is 8.26. The number of anilines is 1. The molecule has 6 heteroatoms. The molecule has 2 aromatic heterocycles. The molecule has 178 valence electrons. The molecular formula is C29H31N5O. The number of nitrogens with zero attached hydrogens (tertiary/aromatic N) is 4. The van der Waals surface area contributed by atoms with Crippen LogP contribution in [0.5, 0.6) is 0 Å². The molecule has 0 radical (unpaired) electrons. The molecule has 1 N–H and O–H groups in total. The van der Waals surface area contributed by atoms with Crippen LogP contribution in [0.15, 0.2) is 66.7 Å². The summed E-state index contributed by atoms with van der Waals surface area (Å²) in [6.07, 6.45) is 4.96. The van der Waals surface area contributed by atoms with Crippen LogP contribution >= 0.6 is 0 Å². The Labute approximate surface area is 206 Å². The number of fused-ring (bicyclic) bond motifs is 2. The van der Waals surface area contributed by atoms with E-state index in [9.17, 15) is 4.79 Å². The average Bonchev–Trinajstić information content (AvgIpc) is 3.33. The molecule has 1 aliphatic carbocycles. The molecule has 3 heterocycles. The molecule has 0 spiro atoms. The van der Waals surface area contributed by atoms with Gasteiger partial charge in [-0.15, -0.1) is 0 Å². The quantitative estimate of drug-likeness (QED) is 0.455. The molecule has 2 aromatic carbocycles. The largest absolute Gasteiger partial charge is 0.356 e. The Bertz CT molecular complexity index is 1350. The SMILES string of the molecule is Cc1cc(N2CCC(C(=O)NC3CCCc4ccccc43)CC2)n2nc(-c3ccccc3)cc2n1. The summed E-state index contributed by atoms with van der Waals surface area (Å²) in [7, 11) is 0. The minimum absolute atomic E-state index is 0.0521. The van der Waals surface area contributed by atoms with E-state index < -0.39 is 0 Å². The van der Waals surface area contributed by atoms with E-state index >= 15 is 0 Å². The zero-order chi connectivity index (χ0) is 23.8. The molecule has 0 bridgehead atoms. The van der Waals surface area contributed by atoms with E-state index in [1.54, 1.807) is 0 Å². The molecule has 1 saturated heterocycles. The van der Waals surface area contributed by atoms with Gasteiger partial charge in [0.2, 0.25) is 5.91 Å². The summed E-state index contributed by atoms with van der Waals surface area (Å²) in [5.74, 6) is 1.30. The van der Waals surface area contributed by atoms with E-state index in [1.165, 1.54) is 11.1 Å². The fourth-order valence-corrected chi connectivity index (χ4v) is 5.62. The third kappa shape index (κ3) is 4.29. The van der Waals surface area contributed by atoms with Crippen molar-refractivity contribution in [3.63, 3.8) is 0 Å². The predicted molar refractivity (Wildman–Crippen MR) is 138 cm³/mol. The average molecular weight is 466 g/mol. The van der Waals surface area contributed by atoms with Gasteiger partial charge in [-0.05, 0) is 50.2 Å². The van der Waals surface area contributed by atoms with Crippen LogP contribution in [0.1, 0.15) is 48.5 Å². The minimum atomic E-state index is 0.0521. The number of hydrogen-bond acceptors (Lipinski definition) is 4. The highest BCUT2D eigenvalue weighted by Crippen LogP contribution is 2.31. The molecule has 1 amide bonds. The van der Waals surface area contributed by atoms with E-state index in [0.717, 1.165) is 73.6 Å². The fraction of sp³-hybridized carbons (Fsp3) is 0.345. The van der Waals surface area contributed by atoms with Crippen molar-refractivity contribution in [2.45, 2.75) is 45.1 Å². The van der Waals surface area contributed by atoms with Gasteiger partial charge in [0.1, 0.15) is 5.82 Å². The highest BCUT2D eigenvalue weighted by Gasteiger charge is 2.29. The van der Waals surface area contributed by atoms with Gasteiger partial charge in [-0.2, -0.15) is 9.61 Å². The van der Waals surface area contributed by atoms with Crippen molar-refractivity contribution in [1.29, 1.82) is 0 Å². The Morgan fingerprint density at radius 2 is 1.74 bits per heavy atom. The molecule has 4 aromatic rings. The zero-order valence-electron chi connectivity index (χ0n) is 20.2. The van der Waals surface area contributed by atoms with Gasteiger partial charge in [0, 0.05) is 42.4 Å². The molecule has 1 fully saturated rings. The first-order chi connectivity index (χ1) is 17.2. The number of amides is 1. The summed E-state index contributed by atoms with van der Waals surface area (Å²) in [5.41, 5.74) is 6.52. The van der Waals surface area contributed by atoms with E-state index in [1.807, 2.05) is 35.7 Å². The Morgan fingerprint density at radius 1 is 0.971 bits per heavy atom. The summed E-state index contributed by atoms with van der Waals surface area (Å²) < 4.78 is 1.95. The maximum absolute atomic E-state index is 13.2. The van der Waals surface area contributed by atoms with Gasteiger partial charge < -0.3 is 10.2 Å². The number of nitrogens with one attached hydrogen (secondary N) is 1. The number of benzene rings is 2. The fourth-order valence-electron chi connectivity index (χ4n) is 5.62. The molecule has 6 rings (SSSR count). The Hall–Kier alpha value is -3.67. The lowest BCUT2D eigenvalue weighted by atomic mass is 9.87. The predicted octanol–water partition coefficient (Wildman–Crippen LogP) is 5.11. The van der Waals surface area contributed by atoms with Gasteiger partial charge >= 0.3 is 0 Å². The molecular weight excluding hydrogens is 434 g/mol. The van der Waals surface area contributed by atoms with Crippen LogP contribution in [-0.4, -0.2) is 33.6 Å². The maximum atomic E-state index is 13.2. The van der Waals surface area contributed by atoms with Crippen molar-refractivity contribution in [2.75, 3.05) is 18.0 Å². The number of hydrogen-bond donors (Lipinski definition) is 1. The van der Waals surface area contributed by atoms with Gasteiger partial charge in [-0.1, -0.05) is 54.6 Å². The van der Waals surface area contributed by atoms with Crippen molar-refractivity contribution in [3.05, 3.63) is 83.6 Å². The van der Waals surface area contributed by atoms with Crippen LogP contribution in [0, 0.1) is 12.8 Å². The first kappa shape index (κ1) is 21.8. The summed E-state index contributed by atoms with van der Waals surface area (Å²) in [6.45, 7) is 3.69. The number of piperidine rings is 1. The summed E-state index contributed by atoms with van der Waals surface area (Å²) in [6, 6.07) is 23.1. The van der Waals surface area contributed by atoms with E-state index in [-0.39, 0.29) is 17.9 Å². The zero-order valence-corrected chi connectivity index (χ0v) is 20.2. The molecule has 1 atom stereocenters. The Balaban J connectivity index is 1.17. The third-order valence-corrected chi connectivity index (χ3v) is 7.48. The van der Waals surface area contributed by atoms with Crippen LogP contribution in [0.25, 0.3) is 16.9 Å². The second-order valence-corrected chi connectivity index (χ2v) is 9.83. The normalized spacial score (nSPS) is 18.4. The second kappa shape index (κ2) is 9.17. The van der Waals surface area contributed by atoms with Gasteiger partial charge in [-0.25, -0.2) is 4.98 Å². The van der Waals surface area contributed by atoms with Crippen LogP contribution < -0.4 is 10.2 Å². The standard InChI is InChI=1S/C29H31N5O/c1-20-18-28(34-27(30-20)19-26(32-34)22-9-3-2-4-10-22)33-16-14-23(15-17-33)29(35)31-25-13-7-11-21-8-5-6-12-24(21)25/h2-6,8-10,12,18-19,23,25H,7,11,13-17H2,1H3,(H,31,35). The number of carbonyl (C=O) groups excluding carboxylic acids is 1. The van der Waals surface area contributed by atoms with Crippen molar-refractivity contribution in [3.8, 4) is 11.3 Å². The van der Waals surface area contributed by atoms with Crippen LogP contribution in [0.4, 0.5) is 5.82 Å². The van der Waals surface area contributed by atoms with Crippen molar-refractivity contribution >= 4 is 17.4 Å². The molecule has 0 saturated carbocycles. The molecule has 1 aliphatic heterocycles. The molecule has 6 nitrogen and oxygen atoms in total. The molecule has 2 aliphatic rings. The van der Waals surface area contributed by atoms with Crippen molar-refractivity contribution < 1.29 is 4.79 Å². The topological polar surface area (TPSA) is 62.5 Å². The minimum Gasteiger partial charge on any atom is -0.356 e. The third-order valence-electron chi connectivity index (χ3n) is 7.48. The smallest absolute Gasteiger partial charge is 0.223 e. The van der Waals surface area contributed by atoms with Crippen LogP contribution in [0.2, 0.25) is 0 Å². The molecule has 35 heavy (non-hydrogen) atoms. The lowest BCUT2D eigenvalue weighted by Crippen LogP contribution is -2.42.